The molecular formula is C13H23N7O2. The van der Waals surface area contributed by atoms with Gasteiger partial charge in [-0.25, -0.2) is 19.8 Å². The minimum atomic E-state index is -0.271. The zero-order valence-electron chi connectivity index (χ0n) is 13.2. The summed E-state index contributed by atoms with van der Waals surface area (Å²) in [7, 11) is 3.72. The number of nitrogens with one attached hydrogen (secondary N) is 1. The topological polar surface area (TPSA) is 99.8 Å². The van der Waals surface area contributed by atoms with E-state index >= 15 is 0 Å². The summed E-state index contributed by atoms with van der Waals surface area (Å²) in [5.74, 6) is 1.26. The number of anilines is 3. The normalized spacial score (nSPS) is 15.1. The van der Waals surface area contributed by atoms with E-state index in [1.807, 2.05) is 19.0 Å². The molecule has 1 aliphatic heterocycles. The highest BCUT2D eigenvalue weighted by Crippen LogP contribution is 2.26. The number of hydrogen-bond acceptors (Lipinski definition) is 8. The van der Waals surface area contributed by atoms with Crippen LogP contribution in [0, 0.1) is 0 Å². The van der Waals surface area contributed by atoms with Crippen LogP contribution in [0.2, 0.25) is 0 Å². The van der Waals surface area contributed by atoms with Crippen molar-refractivity contribution in [3.63, 3.8) is 0 Å². The number of rotatable bonds is 4. The van der Waals surface area contributed by atoms with Gasteiger partial charge in [0.15, 0.2) is 11.6 Å². The standard InChI is InChI=1S/C13H23N7O2/c1-4-22-13(21)20-7-5-19(6-8-20)12-10(14)11(15-9-16-12)17-18(2)3/h9H,4-8,14H2,1-3H3,(H,15,16,17). The quantitative estimate of drug-likeness (QED) is 0.762. The van der Waals surface area contributed by atoms with Crippen molar-refractivity contribution >= 4 is 23.4 Å². The number of piperazine rings is 1. The highest BCUT2D eigenvalue weighted by atomic mass is 16.6. The Morgan fingerprint density at radius 2 is 2.05 bits per heavy atom. The van der Waals surface area contributed by atoms with E-state index in [-0.39, 0.29) is 6.09 Å². The Balaban J connectivity index is 2.04. The lowest BCUT2D eigenvalue weighted by molar-refractivity contribution is 0.105. The molecule has 0 atom stereocenters. The molecule has 22 heavy (non-hydrogen) atoms. The van der Waals surface area contributed by atoms with Crippen molar-refractivity contribution < 1.29 is 9.53 Å². The molecule has 0 saturated carbocycles. The number of carbonyl (C=O) groups excluding carboxylic acids is 1. The predicted octanol–water partition coefficient (Wildman–Crippen LogP) is 0.226. The minimum absolute atomic E-state index is 0.271. The summed E-state index contributed by atoms with van der Waals surface area (Å²) in [6, 6.07) is 0. The largest absolute Gasteiger partial charge is 0.450 e. The van der Waals surface area contributed by atoms with Crippen molar-refractivity contribution in [2.45, 2.75) is 6.92 Å². The molecule has 3 N–H and O–H groups in total. The molecule has 1 amide bonds. The second kappa shape index (κ2) is 7.12. The fourth-order valence-corrected chi connectivity index (χ4v) is 2.25. The number of aromatic nitrogens is 2. The van der Waals surface area contributed by atoms with Crippen molar-refractivity contribution in [3.8, 4) is 0 Å². The summed E-state index contributed by atoms with van der Waals surface area (Å²) in [5.41, 5.74) is 9.69. The van der Waals surface area contributed by atoms with Gasteiger partial charge in [-0.05, 0) is 6.92 Å². The van der Waals surface area contributed by atoms with E-state index < -0.39 is 0 Å². The summed E-state index contributed by atoms with van der Waals surface area (Å²) in [4.78, 5) is 23.9. The molecular weight excluding hydrogens is 286 g/mol. The SMILES string of the molecule is CCOC(=O)N1CCN(c2ncnc(NN(C)C)c2N)CC1. The lowest BCUT2D eigenvalue weighted by Gasteiger charge is -2.35. The first-order chi connectivity index (χ1) is 10.5. The molecule has 1 saturated heterocycles. The number of amides is 1. The summed E-state index contributed by atoms with van der Waals surface area (Å²) < 4.78 is 5.01. The van der Waals surface area contributed by atoms with Crippen molar-refractivity contribution in [1.29, 1.82) is 0 Å². The molecule has 1 aliphatic rings. The summed E-state index contributed by atoms with van der Waals surface area (Å²) in [5, 5.41) is 1.77. The monoisotopic (exact) mass is 309 g/mol. The van der Waals surface area contributed by atoms with Gasteiger partial charge >= 0.3 is 6.09 Å². The van der Waals surface area contributed by atoms with Gasteiger partial charge in [-0.1, -0.05) is 0 Å². The van der Waals surface area contributed by atoms with E-state index in [0.29, 0.717) is 50.1 Å². The lowest BCUT2D eigenvalue weighted by Crippen LogP contribution is -2.49. The first-order valence-corrected chi connectivity index (χ1v) is 7.24. The van der Waals surface area contributed by atoms with Crippen LogP contribution in [0.5, 0.6) is 0 Å². The number of hydrogen-bond donors (Lipinski definition) is 2. The van der Waals surface area contributed by atoms with Crippen LogP contribution < -0.4 is 16.1 Å². The van der Waals surface area contributed by atoms with E-state index in [4.69, 9.17) is 10.5 Å². The fraction of sp³-hybridized carbons (Fsp3) is 0.615. The van der Waals surface area contributed by atoms with Gasteiger partial charge in [0, 0.05) is 40.3 Å². The highest BCUT2D eigenvalue weighted by molar-refractivity contribution is 5.75. The predicted molar refractivity (Wildman–Crippen MR) is 84.6 cm³/mol. The van der Waals surface area contributed by atoms with Gasteiger partial charge in [0.05, 0.1) is 6.61 Å². The van der Waals surface area contributed by atoms with E-state index in [0.717, 1.165) is 0 Å². The Bertz CT molecular complexity index is 515. The Morgan fingerprint density at radius 1 is 1.36 bits per heavy atom. The number of nitrogen functional groups attached to an aromatic ring is 1. The Labute approximate surface area is 130 Å². The van der Waals surface area contributed by atoms with Crippen molar-refractivity contribution in [3.05, 3.63) is 6.33 Å². The van der Waals surface area contributed by atoms with Gasteiger partial charge < -0.3 is 25.7 Å². The van der Waals surface area contributed by atoms with Crippen LogP contribution >= 0.6 is 0 Å². The van der Waals surface area contributed by atoms with Crippen LogP contribution in [0.4, 0.5) is 22.1 Å². The van der Waals surface area contributed by atoms with Gasteiger partial charge in [0.1, 0.15) is 12.0 Å². The molecule has 1 fully saturated rings. The van der Waals surface area contributed by atoms with Crippen LogP contribution in [0.15, 0.2) is 6.33 Å². The second-order valence-corrected chi connectivity index (χ2v) is 5.14. The molecule has 0 aliphatic carbocycles. The average molecular weight is 309 g/mol. The third-order valence-electron chi connectivity index (χ3n) is 3.30. The molecule has 0 unspecified atom stereocenters. The average Bonchev–Trinajstić information content (AvgIpc) is 2.49. The van der Waals surface area contributed by atoms with E-state index in [9.17, 15) is 4.79 Å². The third-order valence-corrected chi connectivity index (χ3v) is 3.30. The number of nitrogens with zero attached hydrogens (tertiary/aromatic N) is 5. The van der Waals surface area contributed by atoms with Crippen LogP contribution in [0.1, 0.15) is 6.92 Å². The van der Waals surface area contributed by atoms with E-state index in [2.05, 4.69) is 15.4 Å². The zero-order chi connectivity index (χ0) is 16.1. The number of ether oxygens (including phenoxy) is 1. The molecule has 122 valence electrons. The fourth-order valence-electron chi connectivity index (χ4n) is 2.25. The Hall–Kier alpha value is -2.29. The molecule has 1 aromatic heterocycles. The van der Waals surface area contributed by atoms with Crippen molar-refractivity contribution in [2.75, 3.05) is 62.9 Å². The molecule has 2 rings (SSSR count). The lowest BCUT2D eigenvalue weighted by atomic mass is 10.3. The first-order valence-electron chi connectivity index (χ1n) is 7.24. The zero-order valence-corrected chi connectivity index (χ0v) is 13.2. The van der Waals surface area contributed by atoms with Crippen LogP contribution in [-0.2, 0) is 4.74 Å². The summed E-state index contributed by atoms with van der Waals surface area (Å²) in [6.07, 6.45) is 1.21. The summed E-state index contributed by atoms with van der Waals surface area (Å²) in [6.45, 7) is 4.66. The Kier molecular flexibility index (Phi) is 5.21. The molecule has 9 heteroatoms. The molecule has 0 bridgehead atoms. The Morgan fingerprint density at radius 3 is 2.64 bits per heavy atom. The van der Waals surface area contributed by atoms with Crippen LogP contribution in [0.3, 0.4) is 0 Å². The molecule has 0 radical (unpaired) electrons. The molecule has 9 nitrogen and oxygen atoms in total. The van der Waals surface area contributed by atoms with Gasteiger partial charge in [-0.2, -0.15) is 0 Å². The summed E-state index contributed by atoms with van der Waals surface area (Å²) >= 11 is 0. The number of carbonyl (C=O) groups is 1. The van der Waals surface area contributed by atoms with Gasteiger partial charge in [-0.3, -0.25) is 0 Å². The maximum Gasteiger partial charge on any atom is 0.409 e. The van der Waals surface area contributed by atoms with E-state index in [1.54, 1.807) is 16.8 Å². The number of nitrogens with two attached hydrogens (primary N) is 1. The van der Waals surface area contributed by atoms with Crippen molar-refractivity contribution in [1.82, 2.24) is 19.9 Å². The maximum atomic E-state index is 11.7. The van der Waals surface area contributed by atoms with E-state index in [1.165, 1.54) is 6.33 Å². The maximum absolute atomic E-state index is 11.7. The van der Waals surface area contributed by atoms with Gasteiger partial charge in [0.2, 0.25) is 0 Å². The minimum Gasteiger partial charge on any atom is -0.450 e. The van der Waals surface area contributed by atoms with Crippen LogP contribution in [0.25, 0.3) is 0 Å². The molecule has 1 aromatic rings. The first kappa shape index (κ1) is 16.1. The third kappa shape index (κ3) is 3.67. The smallest absolute Gasteiger partial charge is 0.409 e. The van der Waals surface area contributed by atoms with Crippen molar-refractivity contribution in [2.24, 2.45) is 0 Å². The van der Waals surface area contributed by atoms with Gasteiger partial charge in [-0.15, -0.1) is 0 Å². The highest BCUT2D eigenvalue weighted by Gasteiger charge is 2.24. The van der Waals surface area contributed by atoms with Gasteiger partial charge in [0.25, 0.3) is 0 Å². The molecule has 2 heterocycles. The number of hydrazine groups is 1. The molecule has 0 aromatic carbocycles. The second-order valence-electron chi connectivity index (χ2n) is 5.14. The van der Waals surface area contributed by atoms with Crippen LogP contribution in [-0.4, -0.2) is 72.9 Å². The molecule has 0 spiro atoms.